The smallest absolute Gasteiger partial charge is 0.127 e. The van der Waals surface area contributed by atoms with E-state index in [0.29, 0.717) is 0 Å². The number of nitrogens with one attached hydrogen (secondary N) is 1. The van der Waals surface area contributed by atoms with E-state index in [1.165, 1.54) is 16.0 Å². The molecule has 2 aromatic rings. The molecule has 0 amide bonds. The third kappa shape index (κ3) is 2.76. The number of hydrogen-bond acceptors (Lipinski definition) is 4. The number of ether oxygens (including phenoxy) is 1. The molecule has 0 saturated carbocycles. The molecule has 20 heavy (non-hydrogen) atoms. The van der Waals surface area contributed by atoms with Crippen LogP contribution >= 0.6 is 27.3 Å². The lowest BCUT2D eigenvalue weighted by Crippen LogP contribution is -2.28. The summed E-state index contributed by atoms with van der Waals surface area (Å²) in [7, 11) is 1.70. The summed E-state index contributed by atoms with van der Waals surface area (Å²) in [5, 5.41) is 0. The normalized spacial score (nSPS) is 12.5. The van der Waals surface area contributed by atoms with Crippen LogP contribution in [-0.2, 0) is 0 Å². The molecular weight excluding hydrogens is 336 g/mol. The van der Waals surface area contributed by atoms with Crippen molar-refractivity contribution in [3.63, 3.8) is 0 Å². The molecule has 0 aliphatic heterocycles. The van der Waals surface area contributed by atoms with Crippen LogP contribution in [0.5, 0.6) is 5.75 Å². The molecule has 3 N–H and O–H groups in total. The second-order valence-electron chi connectivity index (χ2n) is 4.84. The summed E-state index contributed by atoms with van der Waals surface area (Å²) in [5.74, 6) is 6.69. The van der Waals surface area contributed by atoms with Crippen LogP contribution in [0.3, 0.4) is 0 Å². The molecular formula is C15H19BrN2OS. The van der Waals surface area contributed by atoms with E-state index in [1.807, 2.05) is 0 Å². The van der Waals surface area contributed by atoms with Crippen LogP contribution in [0, 0.1) is 20.8 Å². The van der Waals surface area contributed by atoms with E-state index in [1.54, 1.807) is 18.4 Å². The Balaban J connectivity index is 2.55. The van der Waals surface area contributed by atoms with E-state index in [9.17, 15) is 0 Å². The number of methoxy groups -OCH3 is 1. The highest BCUT2D eigenvalue weighted by atomic mass is 79.9. The van der Waals surface area contributed by atoms with Gasteiger partial charge in [0.25, 0.3) is 0 Å². The van der Waals surface area contributed by atoms with Crippen molar-refractivity contribution in [2.24, 2.45) is 5.84 Å². The molecule has 0 saturated heterocycles. The first-order chi connectivity index (χ1) is 9.49. The number of hydrogen-bond donors (Lipinski definition) is 2. The largest absolute Gasteiger partial charge is 0.496 e. The summed E-state index contributed by atoms with van der Waals surface area (Å²) >= 11 is 5.26. The van der Waals surface area contributed by atoms with E-state index in [-0.39, 0.29) is 6.04 Å². The molecule has 0 aliphatic carbocycles. The zero-order valence-electron chi connectivity index (χ0n) is 12.1. The van der Waals surface area contributed by atoms with Gasteiger partial charge in [-0.25, -0.2) is 5.43 Å². The van der Waals surface area contributed by atoms with Crippen molar-refractivity contribution >= 4 is 27.3 Å². The minimum atomic E-state index is -0.0701. The van der Waals surface area contributed by atoms with Gasteiger partial charge in [-0.2, -0.15) is 0 Å². The van der Waals surface area contributed by atoms with Crippen LogP contribution < -0.4 is 16.0 Å². The molecule has 108 valence electrons. The molecule has 1 heterocycles. The molecule has 1 aromatic heterocycles. The standard InChI is InChI=1S/C15H19BrN2OS/c1-8-5-6-11(14(19-4)10(8)3)13(18-17)12-7-9(2)15(16)20-12/h5-7,13,18H,17H2,1-4H3. The monoisotopic (exact) mass is 354 g/mol. The first-order valence-electron chi connectivity index (χ1n) is 6.35. The highest BCUT2D eigenvalue weighted by molar-refractivity contribution is 9.11. The zero-order valence-corrected chi connectivity index (χ0v) is 14.5. The van der Waals surface area contributed by atoms with Gasteiger partial charge in [-0.15, -0.1) is 11.3 Å². The Morgan fingerprint density at radius 2 is 1.95 bits per heavy atom. The molecule has 2 rings (SSSR count). The Morgan fingerprint density at radius 3 is 2.45 bits per heavy atom. The van der Waals surface area contributed by atoms with E-state index < -0.39 is 0 Å². The molecule has 1 aromatic carbocycles. The van der Waals surface area contributed by atoms with Crippen LogP contribution in [0.1, 0.15) is 33.2 Å². The average molecular weight is 355 g/mol. The Bertz CT molecular complexity index is 605. The number of rotatable bonds is 4. The summed E-state index contributed by atoms with van der Waals surface area (Å²) in [5.41, 5.74) is 7.55. The Hall–Kier alpha value is -0.880. The summed E-state index contributed by atoms with van der Waals surface area (Å²) in [6.07, 6.45) is 0. The highest BCUT2D eigenvalue weighted by Crippen LogP contribution is 2.38. The number of hydrazine groups is 1. The third-order valence-corrected chi connectivity index (χ3v) is 5.75. The number of benzene rings is 1. The molecule has 0 spiro atoms. The lowest BCUT2D eigenvalue weighted by Gasteiger charge is -2.20. The van der Waals surface area contributed by atoms with Crippen molar-refractivity contribution in [3.05, 3.63) is 49.1 Å². The molecule has 1 unspecified atom stereocenters. The van der Waals surface area contributed by atoms with E-state index in [4.69, 9.17) is 10.6 Å². The van der Waals surface area contributed by atoms with Crippen LogP contribution in [0.15, 0.2) is 22.0 Å². The summed E-state index contributed by atoms with van der Waals surface area (Å²) in [6, 6.07) is 6.26. The van der Waals surface area contributed by atoms with Crippen molar-refractivity contribution in [1.82, 2.24) is 5.43 Å². The fraction of sp³-hybridized carbons (Fsp3) is 0.333. The molecule has 0 radical (unpaired) electrons. The van der Waals surface area contributed by atoms with E-state index >= 15 is 0 Å². The molecule has 1 atom stereocenters. The van der Waals surface area contributed by atoms with Crippen LogP contribution in [0.2, 0.25) is 0 Å². The van der Waals surface area contributed by atoms with Crippen molar-refractivity contribution in [3.8, 4) is 5.75 Å². The number of halogens is 1. The van der Waals surface area contributed by atoms with Gasteiger partial charge in [-0.1, -0.05) is 12.1 Å². The predicted molar refractivity (Wildman–Crippen MR) is 88.4 cm³/mol. The first kappa shape index (κ1) is 15.5. The zero-order chi connectivity index (χ0) is 14.9. The van der Waals surface area contributed by atoms with Gasteiger partial charge in [-0.05, 0) is 59.5 Å². The summed E-state index contributed by atoms with van der Waals surface area (Å²) in [6.45, 7) is 6.23. The number of aryl methyl sites for hydroxylation is 2. The van der Waals surface area contributed by atoms with Crippen LogP contribution in [-0.4, -0.2) is 7.11 Å². The second-order valence-corrected chi connectivity index (χ2v) is 7.24. The van der Waals surface area contributed by atoms with Gasteiger partial charge in [0.1, 0.15) is 5.75 Å². The van der Waals surface area contributed by atoms with Gasteiger partial charge in [0.15, 0.2) is 0 Å². The fourth-order valence-corrected chi connectivity index (χ4v) is 3.91. The van der Waals surface area contributed by atoms with Crippen molar-refractivity contribution < 1.29 is 4.74 Å². The quantitative estimate of drug-likeness (QED) is 0.644. The molecule has 0 fully saturated rings. The first-order valence-corrected chi connectivity index (χ1v) is 7.96. The van der Waals surface area contributed by atoms with Gasteiger partial charge in [0.05, 0.1) is 16.9 Å². The Morgan fingerprint density at radius 1 is 1.25 bits per heavy atom. The van der Waals surface area contributed by atoms with Crippen LogP contribution in [0.4, 0.5) is 0 Å². The van der Waals surface area contributed by atoms with Gasteiger partial charge >= 0.3 is 0 Å². The van der Waals surface area contributed by atoms with Gasteiger partial charge in [0.2, 0.25) is 0 Å². The fourth-order valence-electron chi connectivity index (χ4n) is 2.26. The maximum absolute atomic E-state index is 5.79. The maximum Gasteiger partial charge on any atom is 0.127 e. The van der Waals surface area contributed by atoms with Gasteiger partial charge in [-0.3, -0.25) is 5.84 Å². The molecule has 0 bridgehead atoms. The van der Waals surface area contributed by atoms with E-state index in [2.05, 4.69) is 60.3 Å². The van der Waals surface area contributed by atoms with Crippen molar-refractivity contribution in [1.29, 1.82) is 0 Å². The van der Waals surface area contributed by atoms with E-state index in [0.717, 1.165) is 20.7 Å². The highest BCUT2D eigenvalue weighted by Gasteiger charge is 2.21. The predicted octanol–water partition coefficient (Wildman–Crippen LogP) is 4.00. The van der Waals surface area contributed by atoms with Gasteiger partial charge in [0, 0.05) is 10.4 Å². The minimum absolute atomic E-state index is 0.0701. The van der Waals surface area contributed by atoms with Crippen LogP contribution in [0.25, 0.3) is 0 Å². The summed E-state index contributed by atoms with van der Waals surface area (Å²) in [4.78, 5) is 1.17. The molecule has 5 heteroatoms. The van der Waals surface area contributed by atoms with Crippen molar-refractivity contribution in [2.45, 2.75) is 26.8 Å². The SMILES string of the molecule is COc1c(C(NN)c2cc(C)c(Br)s2)ccc(C)c1C. The Kier molecular flexibility index (Phi) is 4.86. The second kappa shape index (κ2) is 6.26. The maximum atomic E-state index is 5.79. The topological polar surface area (TPSA) is 47.3 Å². The number of nitrogens with two attached hydrogens (primary N) is 1. The molecule has 3 nitrogen and oxygen atoms in total. The third-order valence-electron chi connectivity index (χ3n) is 3.55. The Labute approximate surface area is 132 Å². The summed E-state index contributed by atoms with van der Waals surface area (Å²) < 4.78 is 6.73. The lowest BCUT2D eigenvalue weighted by atomic mass is 9.98. The number of thiophene rings is 1. The average Bonchev–Trinajstić information content (AvgIpc) is 2.75. The van der Waals surface area contributed by atoms with Crippen molar-refractivity contribution in [2.75, 3.05) is 7.11 Å². The molecule has 0 aliphatic rings. The van der Waals surface area contributed by atoms with Gasteiger partial charge < -0.3 is 4.74 Å². The lowest BCUT2D eigenvalue weighted by molar-refractivity contribution is 0.401. The minimum Gasteiger partial charge on any atom is -0.496 e.